The molecule has 5 aromatic rings. The topological polar surface area (TPSA) is 112 Å². The van der Waals surface area contributed by atoms with Crippen molar-refractivity contribution in [3.05, 3.63) is 88.6 Å². The molecule has 0 unspecified atom stereocenters. The molecule has 3 heterocycles. The minimum absolute atomic E-state index is 0.0660. The van der Waals surface area contributed by atoms with Gasteiger partial charge in [0.1, 0.15) is 12.7 Å². The molecule has 2 N–H and O–H groups in total. The lowest BCUT2D eigenvalue weighted by atomic mass is 10.2. The van der Waals surface area contributed by atoms with Crippen molar-refractivity contribution in [1.82, 2.24) is 28.7 Å². The van der Waals surface area contributed by atoms with Crippen LogP contribution in [0.15, 0.2) is 72.3 Å². The van der Waals surface area contributed by atoms with Gasteiger partial charge in [-0.15, -0.1) is 0 Å². The summed E-state index contributed by atoms with van der Waals surface area (Å²) in [5.41, 5.74) is 0.530. The van der Waals surface area contributed by atoms with Gasteiger partial charge in [0, 0.05) is 36.5 Å². The Hall–Kier alpha value is -4.65. The van der Waals surface area contributed by atoms with E-state index in [0.717, 1.165) is 12.1 Å². The molecule has 37 heavy (non-hydrogen) atoms. The van der Waals surface area contributed by atoms with Crippen LogP contribution in [-0.2, 0) is 13.2 Å². The molecule has 0 saturated heterocycles. The number of aromatic nitrogens is 6. The molecule has 0 radical (unpaired) electrons. The third kappa shape index (κ3) is 4.63. The van der Waals surface area contributed by atoms with Crippen LogP contribution in [0.1, 0.15) is 5.56 Å². The van der Waals surface area contributed by atoms with Crippen LogP contribution < -0.4 is 16.3 Å². The molecule has 14 heteroatoms. The summed E-state index contributed by atoms with van der Waals surface area (Å²) >= 11 is 5.61. The fourth-order valence-electron chi connectivity index (χ4n) is 3.63. The van der Waals surface area contributed by atoms with Gasteiger partial charge in [0.25, 0.3) is 0 Å². The van der Waals surface area contributed by atoms with Gasteiger partial charge in [-0.2, -0.15) is 13.2 Å². The number of hydrogen-bond donors (Lipinski definition) is 2. The minimum atomic E-state index is -4.65. The van der Waals surface area contributed by atoms with Crippen molar-refractivity contribution in [2.24, 2.45) is 7.05 Å². The van der Waals surface area contributed by atoms with Crippen molar-refractivity contribution >= 4 is 40.2 Å². The Labute approximate surface area is 211 Å². The monoisotopic (exact) mass is 528 g/mol. The number of aryl methyl sites for hydroxylation is 1. The van der Waals surface area contributed by atoms with Gasteiger partial charge < -0.3 is 15.2 Å². The summed E-state index contributed by atoms with van der Waals surface area (Å²) < 4.78 is 43.6. The van der Waals surface area contributed by atoms with E-state index in [0.29, 0.717) is 28.4 Å². The highest BCUT2D eigenvalue weighted by Crippen LogP contribution is 2.36. The minimum Gasteiger partial charge on any atom is -0.308 e. The molecule has 0 fully saturated rings. The number of hydrogen-bond acceptors (Lipinski definition) is 5. The van der Waals surface area contributed by atoms with Gasteiger partial charge in [-0.05, 0) is 42.5 Å². The molecule has 0 saturated carbocycles. The first kappa shape index (κ1) is 24.1. The molecule has 3 aromatic heterocycles. The molecular weight excluding hydrogens is 513 g/mol. The fourth-order valence-corrected chi connectivity index (χ4v) is 3.86. The Morgan fingerprint density at radius 1 is 0.946 bits per heavy atom. The van der Waals surface area contributed by atoms with E-state index >= 15 is 0 Å². The number of alkyl halides is 3. The summed E-state index contributed by atoms with van der Waals surface area (Å²) in [6.07, 6.45) is 1.41. The lowest BCUT2D eigenvalue weighted by Gasteiger charge is -2.12. The fraction of sp³-hybridized carbons (Fsp3) is 0.0870. The lowest BCUT2D eigenvalue weighted by Crippen LogP contribution is -2.21. The highest BCUT2D eigenvalue weighted by molar-refractivity contribution is 6.31. The number of nitrogens with one attached hydrogen (secondary N) is 2. The van der Waals surface area contributed by atoms with Crippen LogP contribution in [-0.4, -0.2) is 34.7 Å². The van der Waals surface area contributed by atoms with Crippen molar-refractivity contribution in [2.75, 3.05) is 10.6 Å². The predicted molar refractivity (Wildman–Crippen MR) is 130 cm³/mol. The smallest absolute Gasteiger partial charge is 0.308 e. The summed E-state index contributed by atoms with van der Waals surface area (Å²) in [6, 6.07) is 8.95. The third-order valence-corrected chi connectivity index (χ3v) is 5.75. The van der Waals surface area contributed by atoms with Crippen molar-refractivity contribution < 1.29 is 18.0 Å². The highest BCUT2D eigenvalue weighted by atomic mass is 35.5. The number of carbonyl (C=O) groups excluding carboxylic acids is 1. The second-order valence-electron chi connectivity index (χ2n) is 7.86. The van der Waals surface area contributed by atoms with Crippen LogP contribution in [0.2, 0.25) is 5.02 Å². The van der Waals surface area contributed by atoms with Crippen LogP contribution in [0.3, 0.4) is 0 Å². The summed E-state index contributed by atoms with van der Waals surface area (Å²) in [5, 5.41) is 4.45. The molecule has 188 valence electrons. The average molecular weight is 529 g/mol. The van der Waals surface area contributed by atoms with E-state index < -0.39 is 22.8 Å². The number of benzene rings is 2. The van der Waals surface area contributed by atoms with E-state index in [4.69, 9.17) is 11.6 Å². The Kier molecular flexibility index (Phi) is 5.91. The molecule has 10 nitrogen and oxygen atoms in total. The first-order chi connectivity index (χ1) is 17.6. The van der Waals surface area contributed by atoms with Crippen LogP contribution >= 0.6 is 11.6 Å². The van der Waals surface area contributed by atoms with Gasteiger partial charge in [0.15, 0.2) is 17.0 Å². The van der Waals surface area contributed by atoms with Crippen molar-refractivity contribution in [3.8, 4) is 11.5 Å². The van der Waals surface area contributed by atoms with Crippen LogP contribution in [0.4, 0.5) is 29.3 Å². The van der Waals surface area contributed by atoms with Gasteiger partial charge in [0.2, 0.25) is 0 Å². The molecule has 0 atom stereocenters. The van der Waals surface area contributed by atoms with Crippen molar-refractivity contribution in [1.29, 1.82) is 0 Å². The van der Waals surface area contributed by atoms with Crippen molar-refractivity contribution in [3.63, 3.8) is 0 Å². The number of amides is 2. The molecule has 0 spiro atoms. The van der Waals surface area contributed by atoms with E-state index in [2.05, 4.69) is 25.6 Å². The quantitative estimate of drug-likeness (QED) is 0.353. The molecule has 0 bridgehead atoms. The van der Waals surface area contributed by atoms with Crippen LogP contribution in [0, 0.1) is 0 Å². The molecule has 2 aromatic carbocycles. The summed E-state index contributed by atoms with van der Waals surface area (Å²) in [7, 11) is 1.63. The van der Waals surface area contributed by atoms with E-state index in [9.17, 15) is 22.8 Å². The standard InChI is InChI=1S/C23H16ClF3N8O2/c1-33-8-9-34(22(33)37)19-18-20(29-11-28-19)35(12-30-18)15-5-2-13(3-6-15)31-21(36)32-14-4-7-17(24)16(10-14)23(25,26)27/h2-12H,1H3,(H2,31,32,36). The van der Waals surface area contributed by atoms with Crippen LogP contribution in [0.5, 0.6) is 0 Å². The van der Waals surface area contributed by atoms with Gasteiger partial charge >= 0.3 is 17.9 Å². The van der Waals surface area contributed by atoms with Crippen LogP contribution in [0.25, 0.3) is 22.7 Å². The van der Waals surface area contributed by atoms with E-state index in [1.807, 2.05) is 0 Å². The van der Waals surface area contributed by atoms with E-state index in [1.54, 1.807) is 48.3 Å². The normalized spacial score (nSPS) is 11.6. The second kappa shape index (κ2) is 9.09. The Morgan fingerprint density at radius 2 is 1.65 bits per heavy atom. The highest BCUT2D eigenvalue weighted by Gasteiger charge is 2.33. The first-order valence-corrected chi connectivity index (χ1v) is 11.0. The first-order valence-electron chi connectivity index (χ1n) is 10.6. The Bertz CT molecular complexity index is 1690. The van der Waals surface area contributed by atoms with Gasteiger partial charge in [-0.1, -0.05) is 11.6 Å². The number of nitrogens with zero attached hydrogens (tertiary/aromatic N) is 6. The maximum Gasteiger partial charge on any atom is 0.417 e. The summed E-state index contributed by atoms with van der Waals surface area (Å²) in [6.45, 7) is 0. The lowest BCUT2D eigenvalue weighted by molar-refractivity contribution is -0.137. The average Bonchev–Trinajstić information content (AvgIpc) is 3.43. The summed E-state index contributed by atoms with van der Waals surface area (Å²) in [4.78, 5) is 37.5. The van der Waals surface area contributed by atoms with Gasteiger partial charge in [0.05, 0.1) is 10.6 Å². The van der Waals surface area contributed by atoms with Gasteiger partial charge in [-0.25, -0.2) is 29.1 Å². The number of fused-ring (bicyclic) bond motifs is 1. The molecular formula is C23H16ClF3N8O2. The number of anilines is 2. The Morgan fingerprint density at radius 3 is 2.32 bits per heavy atom. The number of halogens is 4. The zero-order valence-corrected chi connectivity index (χ0v) is 19.6. The molecule has 5 rings (SSSR count). The number of urea groups is 1. The molecule has 0 aliphatic rings. The van der Waals surface area contributed by atoms with Crippen molar-refractivity contribution in [2.45, 2.75) is 6.18 Å². The Balaban J connectivity index is 1.35. The molecule has 2 amide bonds. The van der Waals surface area contributed by atoms with E-state index in [-0.39, 0.29) is 11.4 Å². The van der Waals surface area contributed by atoms with E-state index in [1.165, 1.54) is 27.9 Å². The molecule has 0 aliphatic carbocycles. The van der Waals surface area contributed by atoms with Gasteiger partial charge in [-0.3, -0.25) is 4.57 Å². The maximum atomic E-state index is 13.0. The maximum absolute atomic E-state index is 13.0. The second-order valence-corrected chi connectivity index (χ2v) is 8.27. The predicted octanol–water partition coefficient (Wildman–Crippen LogP) is 4.62. The number of rotatable bonds is 4. The zero-order valence-electron chi connectivity index (χ0n) is 18.9. The zero-order chi connectivity index (χ0) is 26.3. The summed E-state index contributed by atoms with van der Waals surface area (Å²) in [5.74, 6) is 0.334. The largest absolute Gasteiger partial charge is 0.417 e. The third-order valence-electron chi connectivity index (χ3n) is 5.42. The molecule has 0 aliphatic heterocycles. The number of imidazole rings is 2. The number of carbonyl (C=O) groups is 1. The SMILES string of the molecule is Cn1ccn(-c2ncnc3c2ncn3-c2ccc(NC(=O)Nc3ccc(Cl)c(C(F)(F)F)c3)cc2)c1=O.